The van der Waals surface area contributed by atoms with Crippen molar-refractivity contribution in [3.63, 3.8) is 0 Å². The van der Waals surface area contributed by atoms with Gasteiger partial charge in [0.15, 0.2) is 0 Å². The second-order valence-corrected chi connectivity index (χ2v) is 4.12. The number of hydrogen-bond acceptors (Lipinski definition) is 2. The van der Waals surface area contributed by atoms with Crippen LogP contribution >= 0.6 is 9.47 Å². The minimum absolute atomic E-state index is 0.191. The van der Waals surface area contributed by atoms with Crippen LogP contribution in [0.15, 0.2) is 60.6 Å². The third-order valence-electron chi connectivity index (χ3n) is 2.44. The van der Waals surface area contributed by atoms with Gasteiger partial charge >= 0.3 is 0 Å². The molecule has 1 rings (SSSR count). The predicted molar refractivity (Wildman–Crippen MR) is 77.3 cm³/mol. The van der Waals surface area contributed by atoms with Crippen LogP contribution in [0.5, 0.6) is 5.75 Å². The molecule has 0 saturated carbocycles. The van der Waals surface area contributed by atoms with Crippen molar-refractivity contribution in [1.29, 1.82) is 0 Å². The molecule has 0 aliphatic heterocycles. The Hall–Kier alpha value is -1.80. The van der Waals surface area contributed by atoms with E-state index in [9.17, 15) is 9.30 Å². The van der Waals surface area contributed by atoms with E-state index in [1.807, 2.05) is 0 Å². The molecule has 0 aliphatic carbocycles. The van der Waals surface area contributed by atoms with Crippen LogP contribution in [-0.4, -0.2) is 4.76 Å². The summed E-state index contributed by atoms with van der Waals surface area (Å²) in [6.07, 6.45) is 3.82. The molecule has 1 unspecified atom stereocenters. The molecule has 0 spiro atoms. The van der Waals surface area contributed by atoms with Crippen molar-refractivity contribution in [2.24, 2.45) is 0 Å². The van der Waals surface area contributed by atoms with Gasteiger partial charge in [0.25, 0.3) is 0 Å². The van der Waals surface area contributed by atoms with E-state index in [1.165, 1.54) is 12.3 Å². The monoisotopic (exact) mass is 280 g/mol. The molecule has 0 N–H and O–H groups in total. The lowest BCUT2D eigenvalue weighted by Gasteiger charge is -1.98. The fraction of sp³-hybridized carbons (Fsp3) is 0.143. The largest absolute Gasteiger partial charge is 0.480 e. The van der Waals surface area contributed by atoms with E-state index in [1.54, 1.807) is 31.2 Å². The maximum absolute atomic E-state index is 13.1. The van der Waals surface area contributed by atoms with E-state index in [2.05, 4.69) is 16.0 Å². The zero-order valence-corrected chi connectivity index (χ0v) is 11.8. The highest BCUT2D eigenvalue weighted by Gasteiger charge is 2.06. The van der Waals surface area contributed by atoms with E-state index in [4.69, 9.17) is 4.52 Å². The molecule has 0 aliphatic rings. The van der Waals surface area contributed by atoms with Gasteiger partial charge in [-0.3, -0.25) is 0 Å². The summed E-state index contributed by atoms with van der Waals surface area (Å²) in [6.45, 7) is 5.09. The first-order chi connectivity index (χ1) is 9.06. The molecule has 0 saturated heterocycles. The molecule has 1 aromatic rings. The predicted octanol–water partition coefficient (Wildman–Crippen LogP) is 4.08. The molecule has 0 bridgehead atoms. The van der Waals surface area contributed by atoms with Gasteiger partial charge in [0.1, 0.15) is 11.6 Å². The molecule has 0 amide bonds. The zero-order chi connectivity index (χ0) is 14.3. The van der Waals surface area contributed by atoms with Crippen LogP contribution in [0, 0.1) is 4.91 Å². The summed E-state index contributed by atoms with van der Waals surface area (Å²) in [6, 6.07) is 7.13. The van der Waals surface area contributed by atoms with Crippen LogP contribution in [0.1, 0.15) is 12.5 Å². The maximum Gasteiger partial charge on any atom is 0.223 e. The van der Waals surface area contributed by atoms with Gasteiger partial charge < -0.3 is 4.52 Å². The van der Waals surface area contributed by atoms with Gasteiger partial charge in [0, 0.05) is 21.3 Å². The highest BCUT2D eigenvalue weighted by atomic mass is 31.0. The number of nitroso groups, excluding NO2 is 1. The third kappa shape index (κ3) is 5.14. The van der Waals surface area contributed by atoms with Gasteiger partial charge in [-0.25, -0.2) is 4.39 Å². The molecule has 1 atom stereocenters. The molecular weight excluding hydrogens is 264 g/mol. The lowest BCUT2D eigenvalue weighted by Crippen LogP contribution is -1.99. The maximum atomic E-state index is 13.1. The Morgan fingerprint density at radius 1 is 1.47 bits per heavy atom. The van der Waals surface area contributed by atoms with E-state index >= 15 is 0 Å². The quantitative estimate of drug-likeness (QED) is 0.446. The van der Waals surface area contributed by atoms with E-state index in [0.717, 1.165) is 16.4 Å². The number of hydrogen-bond donors (Lipinski definition) is 0. The average Bonchev–Trinajstić information content (AvgIpc) is 2.44. The Bertz CT molecular complexity index is 521. The number of halogens is 1. The summed E-state index contributed by atoms with van der Waals surface area (Å²) in [5, 5.41) is 0. The number of benzene rings is 1. The van der Waals surface area contributed by atoms with E-state index < -0.39 is 5.83 Å². The van der Waals surface area contributed by atoms with E-state index in [-0.39, 0.29) is 6.54 Å². The first-order valence-electron chi connectivity index (χ1n) is 5.63. The first kappa shape index (κ1) is 15.3. The minimum Gasteiger partial charge on any atom is -0.480 e. The average molecular weight is 280 g/mol. The standard InChI is InChI=1S/C14H16FNO2P/c1-3-14(15)11(2)8-9-16(17)10-12-4-6-13(18-19)7-5-12/h3-9H,1,10,19H2,2H3/q+1/b9-8+,14-11?. The molecule has 100 valence electrons. The molecule has 0 heterocycles. The van der Waals surface area contributed by atoms with Crippen LogP contribution in [-0.2, 0) is 6.54 Å². The van der Waals surface area contributed by atoms with Crippen molar-refractivity contribution in [2.75, 3.05) is 0 Å². The smallest absolute Gasteiger partial charge is 0.223 e. The Morgan fingerprint density at radius 2 is 2.11 bits per heavy atom. The second-order valence-electron chi connectivity index (χ2n) is 3.89. The highest BCUT2D eigenvalue weighted by Crippen LogP contribution is 2.15. The van der Waals surface area contributed by atoms with Crippen molar-refractivity contribution in [1.82, 2.24) is 0 Å². The fourth-order valence-electron chi connectivity index (χ4n) is 1.34. The first-order valence-corrected chi connectivity index (χ1v) is 6.10. The third-order valence-corrected chi connectivity index (χ3v) is 2.72. The number of rotatable bonds is 6. The molecule has 1 aromatic carbocycles. The fourth-order valence-corrected chi connectivity index (χ4v) is 1.50. The lowest BCUT2D eigenvalue weighted by atomic mass is 10.2. The molecule has 19 heavy (non-hydrogen) atoms. The van der Waals surface area contributed by atoms with Gasteiger partial charge in [0.2, 0.25) is 12.7 Å². The normalized spacial score (nSPS) is 12.2. The summed E-state index contributed by atoms with van der Waals surface area (Å²) in [4.78, 5) is 11.6. The van der Waals surface area contributed by atoms with Crippen molar-refractivity contribution in [2.45, 2.75) is 13.5 Å². The molecule has 3 nitrogen and oxygen atoms in total. The summed E-state index contributed by atoms with van der Waals surface area (Å²) in [5.74, 6) is 0.264. The molecule has 5 heteroatoms. The SMILES string of the molecule is C=CC(F)=C(C)/C=C/[N+](=O)Cc1ccc(OP)cc1. The second kappa shape index (κ2) is 7.59. The van der Waals surface area contributed by atoms with Gasteiger partial charge in [-0.1, -0.05) is 6.58 Å². The minimum atomic E-state index is -0.438. The van der Waals surface area contributed by atoms with Gasteiger partial charge in [0.05, 0.1) is 9.47 Å². The molecular formula is C14H16FNO2P+. The Kier molecular flexibility index (Phi) is 6.10. The van der Waals surface area contributed by atoms with Gasteiger partial charge in [-0.05, 0) is 42.8 Å². The Morgan fingerprint density at radius 3 is 2.63 bits per heavy atom. The number of nitrogens with zero attached hydrogens (tertiary/aromatic N) is 1. The highest BCUT2D eigenvalue weighted by molar-refractivity contribution is 7.10. The van der Waals surface area contributed by atoms with Gasteiger partial charge in [-0.2, -0.15) is 0 Å². The van der Waals surface area contributed by atoms with Crippen molar-refractivity contribution in [3.05, 3.63) is 71.1 Å². The summed E-state index contributed by atoms with van der Waals surface area (Å²) < 4.78 is 18.7. The lowest BCUT2D eigenvalue weighted by molar-refractivity contribution is -0.496. The molecule has 0 radical (unpaired) electrons. The van der Waals surface area contributed by atoms with Crippen molar-refractivity contribution < 1.29 is 13.7 Å². The van der Waals surface area contributed by atoms with Crippen LogP contribution in [0.2, 0.25) is 0 Å². The van der Waals surface area contributed by atoms with Crippen LogP contribution < -0.4 is 4.52 Å². The summed E-state index contributed by atoms with van der Waals surface area (Å²) >= 11 is 0. The summed E-state index contributed by atoms with van der Waals surface area (Å²) in [5.41, 5.74) is 1.21. The van der Waals surface area contributed by atoms with E-state index in [0.29, 0.717) is 11.3 Å². The van der Waals surface area contributed by atoms with Crippen LogP contribution in [0.3, 0.4) is 0 Å². The van der Waals surface area contributed by atoms with Crippen LogP contribution in [0.25, 0.3) is 0 Å². The van der Waals surface area contributed by atoms with Gasteiger partial charge in [-0.15, -0.1) is 0 Å². The summed E-state index contributed by atoms with van der Waals surface area (Å²) in [7, 11) is 2.15. The molecule has 0 aromatic heterocycles. The van der Waals surface area contributed by atoms with Crippen LogP contribution in [0.4, 0.5) is 4.39 Å². The number of allylic oxidation sites excluding steroid dienone is 4. The van der Waals surface area contributed by atoms with Crippen molar-refractivity contribution in [3.8, 4) is 5.75 Å². The molecule has 0 fully saturated rings. The Balaban J connectivity index is 2.65. The zero-order valence-electron chi connectivity index (χ0n) is 10.7. The Labute approximate surface area is 114 Å². The van der Waals surface area contributed by atoms with Crippen molar-refractivity contribution >= 4 is 9.47 Å². The topological polar surface area (TPSA) is 29.3 Å².